The molecule has 0 amide bonds. The van der Waals surface area contributed by atoms with Crippen LogP contribution >= 0.6 is 0 Å². The molecule has 0 aliphatic heterocycles. The Hall–Kier alpha value is -1.40. The minimum absolute atomic E-state index is 0.618. The summed E-state index contributed by atoms with van der Waals surface area (Å²) in [5.74, 6) is 0. The standard InChI is InChI=1S/C15H20N2O/c1-12-6-7-13(10-17-12)14(18)15(11-16)8-4-2-3-5-9-15/h6-7,10,14,18H,2-5,8-9H2,1H3. The summed E-state index contributed by atoms with van der Waals surface area (Å²) >= 11 is 0. The number of nitrogens with zero attached hydrogens (tertiary/aromatic N) is 2. The lowest BCUT2D eigenvalue weighted by molar-refractivity contribution is 0.0513. The maximum atomic E-state index is 10.5. The van der Waals surface area contributed by atoms with Crippen LogP contribution in [0, 0.1) is 23.7 Å². The van der Waals surface area contributed by atoms with Crippen LogP contribution in [0.3, 0.4) is 0 Å². The van der Waals surface area contributed by atoms with Crippen molar-refractivity contribution in [2.45, 2.75) is 51.6 Å². The Morgan fingerprint density at radius 1 is 1.28 bits per heavy atom. The van der Waals surface area contributed by atoms with E-state index in [1.165, 1.54) is 12.8 Å². The van der Waals surface area contributed by atoms with Gasteiger partial charge in [-0.15, -0.1) is 0 Å². The van der Waals surface area contributed by atoms with Gasteiger partial charge in [0.05, 0.1) is 17.6 Å². The van der Waals surface area contributed by atoms with Crippen molar-refractivity contribution in [3.63, 3.8) is 0 Å². The van der Waals surface area contributed by atoms with Gasteiger partial charge in [0.25, 0.3) is 0 Å². The highest BCUT2D eigenvalue weighted by Crippen LogP contribution is 2.44. The molecule has 1 aliphatic rings. The fourth-order valence-corrected chi connectivity index (χ4v) is 2.77. The minimum atomic E-state index is -0.714. The predicted molar refractivity (Wildman–Crippen MR) is 69.7 cm³/mol. The molecule has 0 spiro atoms. The Morgan fingerprint density at radius 3 is 2.44 bits per heavy atom. The van der Waals surface area contributed by atoms with Crippen molar-refractivity contribution in [1.82, 2.24) is 4.98 Å². The van der Waals surface area contributed by atoms with Crippen molar-refractivity contribution in [2.75, 3.05) is 0 Å². The number of hydrogen-bond donors (Lipinski definition) is 1. The molecule has 0 bridgehead atoms. The number of hydrogen-bond acceptors (Lipinski definition) is 3. The van der Waals surface area contributed by atoms with Crippen LogP contribution in [-0.4, -0.2) is 10.1 Å². The molecule has 18 heavy (non-hydrogen) atoms. The average Bonchev–Trinajstić information content (AvgIpc) is 2.65. The van der Waals surface area contributed by atoms with E-state index in [2.05, 4.69) is 11.1 Å². The lowest BCUT2D eigenvalue weighted by Crippen LogP contribution is -2.27. The summed E-state index contributed by atoms with van der Waals surface area (Å²) in [4.78, 5) is 4.21. The maximum absolute atomic E-state index is 10.5. The Kier molecular flexibility index (Phi) is 3.98. The molecule has 0 radical (unpaired) electrons. The third-order valence-corrected chi connectivity index (χ3v) is 3.99. The van der Waals surface area contributed by atoms with Gasteiger partial charge >= 0.3 is 0 Å². The predicted octanol–water partition coefficient (Wildman–Crippen LogP) is 3.29. The topological polar surface area (TPSA) is 56.9 Å². The molecule has 1 fully saturated rings. The molecule has 1 N–H and O–H groups in total. The molecule has 1 aliphatic carbocycles. The lowest BCUT2D eigenvalue weighted by atomic mass is 9.74. The van der Waals surface area contributed by atoms with Gasteiger partial charge in [0, 0.05) is 17.5 Å². The van der Waals surface area contributed by atoms with Crippen molar-refractivity contribution >= 4 is 0 Å². The van der Waals surface area contributed by atoms with Gasteiger partial charge in [-0.3, -0.25) is 4.98 Å². The zero-order valence-electron chi connectivity index (χ0n) is 10.9. The third-order valence-electron chi connectivity index (χ3n) is 3.99. The fourth-order valence-electron chi connectivity index (χ4n) is 2.77. The molecule has 1 unspecified atom stereocenters. The first-order valence-corrected chi connectivity index (χ1v) is 6.70. The quantitative estimate of drug-likeness (QED) is 0.812. The summed E-state index contributed by atoms with van der Waals surface area (Å²) < 4.78 is 0. The summed E-state index contributed by atoms with van der Waals surface area (Å²) in [5, 5.41) is 20.1. The molecule has 3 heteroatoms. The molecule has 96 valence electrons. The summed E-state index contributed by atoms with van der Waals surface area (Å²) in [5.41, 5.74) is 1.08. The van der Waals surface area contributed by atoms with E-state index >= 15 is 0 Å². The third kappa shape index (κ3) is 2.54. The molecule has 2 rings (SSSR count). The van der Waals surface area contributed by atoms with Crippen LogP contribution in [0.15, 0.2) is 18.3 Å². The van der Waals surface area contributed by atoms with E-state index < -0.39 is 11.5 Å². The van der Waals surface area contributed by atoms with Gasteiger partial charge in [-0.25, -0.2) is 0 Å². The van der Waals surface area contributed by atoms with Crippen LogP contribution in [0.4, 0.5) is 0 Å². The Morgan fingerprint density at radius 2 is 1.94 bits per heavy atom. The van der Waals surface area contributed by atoms with Gasteiger partial charge < -0.3 is 5.11 Å². The molecule has 1 aromatic heterocycles. The number of rotatable bonds is 2. The normalized spacial score (nSPS) is 20.7. The van der Waals surface area contributed by atoms with Crippen LogP contribution < -0.4 is 0 Å². The molecule has 0 saturated heterocycles. The average molecular weight is 244 g/mol. The van der Waals surface area contributed by atoms with Gasteiger partial charge in [-0.1, -0.05) is 31.7 Å². The first-order valence-electron chi connectivity index (χ1n) is 6.70. The highest BCUT2D eigenvalue weighted by Gasteiger charge is 2.39. The van der Waals surface area contributed by atoms with Crippen LogP contribution in [0.1, 0.15) is 55.9 Å². The monoisotopic (exact) mass is 244 g/mol. The fraction of sp³-hybridized carbons (Fsp3) is 0.600. The number of aliphatic hydroxyl groups excluding tert-OH is 1. The van der Waals surface area contributed by atoms with Crippen molar-refractivity contribution in [3.8, 4) is 6.07 Å². The number of aryl methyl sites for hydroxylation is 1. The second kappa shape index (κ2) is 5.49. The van der Waals surface area contributed by atoms with Crippen LogP contribution in [0.5, 0.6) is 0 Å². The molecule has 3 nitrogen and oxygen atoms in total. The number of aliphatic hydroxyl groups is 1. The van der Waals surface area contributed by atoms with E-state index in [1.54, 1.807) is 6.20 Å². The highest BCUT2D eigenvalue weighted by molar-refractivity contribution is 5.21. The molecule has 1 aromatic rings. The van der Waals surface area contributed by atoms with Crippen molar-refractivity contribution in [1.29, 1.82) is 5.26 Å². The van der Waals surface area contributed by atoms with Gasteiger partial charge in [-0.2, -0.15) is 5.26 Å². The van der Waals surface area contributed by atoms with Crippen molar-refractivity contribution in [3.05, 3.63) is 29.6 Å². The van der Waals surface area contributed by atoms with Gasteiger partial charge in [0.2, 0.25) is 0 Å². The van der Waals surface area contributed by atoms with Crippen LogP contribution in [0.25, 0.3) is 0 Å². The number of pyridine rings is 1. The van der Waals surface area contributed by atoms with Gasteiger partial charge in [-0.05, 0) is 25.8 Å². The van der Waals surface area contributed by atoms with Crippen LogP contribution in [0.2, 0.25) is 0 Å². The summed E-state index contributed by atoms with van der Waals surface area (Å²) in [6.45, 7) is 1.92. The van der Waals surface area contributed by atoms with E-state index in [1.807, 2.05) is 19.1 Å². The summed E-state index contributed by atoms with van der Waals surface area (Å²) in [6.07, 6.45) is 6.97. The number of aromatic nitrogens is 1. The smallest absolute Gasteiger partial charge is 0.0991 e. The lowest BCUT2D eigenvalue weighted by Gasteiger charge is -2.30. The second-order valence-corrected chi connectivity index (χ2v) is 5.32. The van der Waals surface area contributed by atoms with Gasteiger partial charge in [0.15, 0.2) is 0 Å². The Labute approximate surface area is 108 Å². The van der Waals surface area contributed by atoms with E-state index in [-0.39, 0.29) is 0 Å². The Bertz CT molecular complexity index is 425. The van der Waals surface area contributed by atoms with Crippen LogP contribution in [-0.2, 0) is 0 Å². The Balaban J connectivity index is 2.26. The largest absolute Gasteiger partial charge is 0.387 e. The molecule has 1 heterocycles. The SMILES string of the molecule is Cc1ccc(C(O)C2(C#N)CCCCCC2)cn1. The molecular formula is C15H20N2O. The van der Waals surface area contributed by atoms with E-state index in [0.717, 1.165) is 36.9 Å². The van der Waals surface area contributed by atoms with E-state index in [4.69, 9.17) is 0 Å². The zero-order valence-corrected chi connectivity index (χ0v) is 10.9. The first-order chi connectivity index (χ1) is 8.68. The van der Waals surface area contributed by atoms with E-state index in [9.17, 15) is 10.4 Å². The summed E-state index contributed by atoms with van der Waals surface area (Å²) in [7, 11) is 0. The molecule has 0 aromatic carbocycles. The first kappa shape index (κ1) is 13.0. The molecule has 1 atom stereocenters. The van der Waals surface area contributed by atoms with Crippen molar-refractivity contribution < 1.29 is 5.11 Å². The maximum Gasteiger partial charge on any atom is 0.0991 e. The van der Waals surface area contributed by atoms with Gasteiger partial charge in [0.1, 0.15) is 0 Å². The zero-order chi connectivity index (χ0) is 13.0. The van der Waals surface area contributed by atoms with Crippen molar-refractivity contribution in [2.24, 2.45) is 5.41 Å². The van der Waals surface area contributed by atoms with E-state index in [0.29, 0.717) is 0 Å². The molecular weight excluding hydrogens is 224 g/mol. The summed E-state index contributed by atoms with van der Waals surface area (Å²) in [6, 6.07) is 6.17. The number of nitriles is 1. The molecule has 1 saturated carbocycles. The highest BCUT2D eigenvalue weighted by atomic mass is 16.3. The second-order valence-electron chi connectivity index (χ2n) is 5.32. The minimum Gasteiger partial charge on any atom is -0.387 e.